The summed E-state index contributed by atoms with van der Waals surface area (Å²) in [5.74, 6) is 0.799. The van der Waals surface area contributed by atoms with Crippen LogP contribution in [0.1, 0.15) is 11.1 Å². The van der Waals surface area contributed by atoms with Crippen LogP contribution in [0.15, 0.2) is 23.4 Å². The second-order valence-corrected chi connectivity index (χ2v) is 2.47. The molecule has 0 saturated heterocycles. The molecule has 1 aromatic carbocycles. The molecule has 0 saturated carbocycles. The molecule has 0 spiro atoms. The third-order valence-corrected chi connectivity index (χ3v) is 1.64. The molecule has 0 aliphatic rings. The van der Waals surface area contributed by atoms with Gasteiger partial charge >= 0.3 is 0 Å². The Morgan fingerprint density at radius 2 is 2.25 bits per heavy atom. The molecule has 12 heavy (non-hydrogen) atoms. The van der Waals surface area contributed by atoms with Gasteiger partial charge in [0.15, 0.2) is 0 Å². The summed E-state index contributed by atoms with van der Waals surface area (Å²) in [6.07, 6.45) is 1.36. The van der Waals surface area contributed by atoms with Crippen molar-refractivity contribution in [2.24, 2.45) is 5.16 Å². The van der Waals surface area contributed by atoms with E-state index in [-0.39, 0.29) is 0 Å². The van der Waals surface area contributed by atoms with Crippen molar-refractivity contribution in [1.82, 2.24) is 0 Å². The quantitative estimate of drug-likeness (QED) is 0.412. The van der Waals surface area contributed by atoms with Crippen molar-refractivity contribution in [2.45, 2.75) is 6.92 Å². The number of ether oxygens (including phenoxy) is 1. The Morgan fingerprint density at radius 3 is 2.83 bits per heavy atom. The van der Waals surface area contributed by atoms with Gasteiger partial charge in [0.1, 0.15) is 5.75 Å². The molecule has 3 nitrogen and oxygen atoms in total. The maximum atomic E-state index is 8.28. The Morgan fingerprint density at radius 1 is 1.50 bits per heavy atom. The minimum absolute atomic E-state index is 0.799. The van der Waals surface area contributed by atoms with Crippen LogP contribution >= 0.6 is 0 Å². The lowest BCUT2D eigenvalue weighted by molar-refractivity contribution is 0.322. The summed E-state index contributed by atoms with van der Waals surface area (Å²) in [6, 6.07) is 5.59. The van der Waals surface area contributed by atoms with E-state index in [4.69, 9.17) is 9.94 Å². The molecule has 0 amide bonds. The van der Waals surface area contributed by atoms with Crippen LogP contribution in [0.4, 0.5) is 0 Å². The van der Waals surface area contributed by atoms with Crippen molar-refractivity contribution in [1.29, 1.82) is 0 Å². The van der Waals surface area contributed by atoms with E-state index in [1.807, 2.05) is 25.1 Å². The molecule has 0 bridgehead atoms. The Balaban J connectivity index is 3.05. The highest BCUT2D eigenvalue weighted by Gasteiger charge is 1.97. The van der Waals surface area contributed by atoms with Gasteiger partial charge in [0, 0.05) is 0 Å². The van der Waals surface area contributed by atoms with Crippen LogP contribution in [0.2, 0.25) is 0 Å². The lowest BCUT2D eigenvalue weighted by Gasteiger charge is -2.03. The molecule has 0 aromatic heterocycles. The zero-order valence-corrected chi connectivity index (χ0v) is 7.11. The molecule has 1 N–H and O–H groups in total. The van der Waals surface area contributed by atoms with Gasteiger partial charge in [-0.25, -0.2) is 0 Å². The number of rotatable bonds is 2. The number of aryl methyl sites for hydroxylation is 1. The van der Waals surface area contributed by atoms with E-state index in [0.717, 1.165) is 16.9 Å². The Labute approximate surface area is 71.3 Å². The lowest BCUT2D eigenvalue weighted by atomic mass is 10.1. The summed E-state index contributed by atoms with van der Waals surface area (Å²) in [7, 11) is 1.61. The molecule has 0 radical (unpaired) electrons. The second-order valence-electron chi connectivity index (χ2n) is 2.47. The fourth-order valence-electron chi connectivity index (χ4n) is 0.984. The van der Waals surface area contributed by atoms with Gasteiger partial charge in [-0.3, -0.25) is 0 Å². The van der Waals surface area contributed by atoms with Crippen LogP contribution in [0, 0.1) is 6.92 Å². The summed E-state index contributed by atoms with van der Waals surface area (Å²) >= 11 is 0. The predicted molar refractivity (Wildman–Crippen MR) is 47.1 cm³/mol. The van der Waals surface area contributed by atoms with Crippen LogP contribution in [0.5, 0.6) is 5.75 Å². The average molecular weight is 165 g/mol. The molecule has 1 rings (SSSR count). The van der Waals surface area contributed by atoms with Gasteiger partial charge in [-0.2, -0.15) is 0 Å². The standard InChI is InChI=1S/C9H11NO2/c1-7-3-4-8(6-10-11)5-9(7)12-2/h3-6,11H,1-2H3/b10-6+. The first-order valence-electron chi connectivity index (χ1n) is 3.60. The van der Waals surface area contributed by atoms with Crippen LogP contribution in [-0.4, -0.2) is 18.5 Å². The summed E-state index contributed by atoms with van der Waals surface area (Å²) in [5.41, 5.74) is 1.88. The minimum atomic E-state index is 0.799. The predicted octanol–water partition coefficient (Wildman–Crippen LogP) is 1.81. The molecule has 1 aromatic rings. The number of benzene rings is 1. The Hall–Kier alpha value is -1.51. The van der Waals surface area contributed by atoms with Gasteiger partial charge in [-0.15, -0.1) is 0 Å². The number of oxime groups is 1. The minimum Gasteiger partial charge on any atom is -0.496 e. The number of nitrogens with zero attached hydrogens (tertiary/aromatic N) is 1. The Bertz CT molecular complexity index is 295. The maximum absolute atomic E-state index is 8.28. The molecular weight excluding hydrogens is 154 g/mol. The first kappa shape index (κ1) is 8.59. The number of hydrogen-bond acceptors (Lipinski definition) is 3. The van der Waals surface area contributed by atoms with E-state index in [2.05, 4.69) is 5.16 Å². The SMILES string of the molecule is COc1cc(/C=N/O)ccc1C. The molecule has 0 heterocycles. The first-order valence-corrected chi connectivity index (χ1v) is 3.60. The van der Waals surface area contributed by atoms with Gasteiger partial charge in [0.25, 0.3) is 0 Å². The Kier molecular flexibility index (Phi) is 2.69. The topological polar surface area (TPSA) is 41.8 Å². The summed E-state index contributed by atoms with van der Waals surface area (Å²) in [5, 5.41) is 11.2. The van der Waals surface area contributed by atoms with Gasteiger partial charge in [-0.05, 0) is 24.1 Å². The fourth-order valence-corrected chi connectivity index (χ4v) is 0.984. The van der Waals surface area contributed by atoms with Crippen molar-refractivity contribution in [3.05, 3.63) is 29.3 Å². The molecule has 3 heteroatoms. The van der Waals surface area contributed by atoms with E-state index >= 15 is 0 Å². The van der Waals surface area contributed by atoms with Crippen LogP contribution < -0.4 is 4.74 Å². The van der Waals surface area contributed by atoms with Gasteiger partial charge in [0.05, 0.1) is 13.3 Å². The molecular formula is C9H11NO2. The van der Waals surface area contributed by atoms with E-state index in [1.165, 1.54) is 6.21 Å². The molecule has 0 aliphatic carbocycles. The van der Waals surface area contributed by atoms with Crippen LogP contribution in [0.3, 0.4) is 0 Å². The fraction of sp³-hybridized carbons (Fsp3) is 0.222. The summed E-state index contributed by atoms with van der Waals surface area (Å²) < 4.78 is 5.09. The first-order chi connectivity index (χ1) is 5.77. The highest BCUT2D eigenvalue weighted by atomic mass is 16.5. The van der Waals surface area contributed by atoms with Crippen LogP contribution in [-0.2, 0) is 0 Å². The van der Waals surface area contributed by atoms with Crippen LogP contribution in [0.25, 0.3) is 0 Å². The normalized spacial score (nSPS) is 10.5. The third-order valence-electron chi connectivity index (χ3n) is 1.64. The monoisotopic (exact) mass is 165 g/mol. The molecule has 0 fully saturated rings. The van der Waals surface area contributed by atoms with E-state index in [0.29, 0.717) is 0 Å². The molecule has 0 aliphatic heterocycles. The van der Waals surface area contributed by atoms with Gasteiger partial charge in [-0.1, -0.05) is 17.3 Å². The average Bonchev–Trinajstić information content (AvgIpc) is 2.09. The van der Waals surface area contributed by atoms with Crippen molar-refractivity contribution in [3.8, 4) is 5.75 Å². The van der Waals surface area contributed by atoms with E-state index in [1.54, 1.807) is 7.11 Å². The summed E-state index contributed by atoms with van der Waals surface area (Å²) in [6.45, 7) is 1.96. The van der Waals surface area contributed by atoms with Crippen molar-refractivity contribution in [2.75, 3.05) is 7.11 Å². The molecule has 64 valence electrons. The zero-order chi connectivity index (χ0) is 8.97. The van der Waals surface area contributed by atoms with E-state index < -0.39 is 0 Å². The van der Waals surface area contributed by atoms with E-state index in [9.17, 15) is 0 Å². The largest absolute Gasteiger partial charge is 0.496 e. The number of methoxy groups -OCH3 is 1. The van der Waals surface area contributed by atoms with Crippen molar-refractivity contribution in [3.63, 3.8) is 0 Å². The lowest BCUT2D eigenvalue weighted by Crippen LogP contribution is -1.89. The highest BCUT2D eigenvalue weighted by molar-refractivity contribution is 5.79. The van der Waals surface area contributed by atoms with Crippen molar-refractivity contribution < 1.29 is 9.94 Å². The maximum Gasteiger partial charge on any atom is 0.122 e. The van der Waals surface area contributed by atoms with Gasteiger partial charge in [0.2, 0.25) is 0 Å². The smallest absolute Gasteiger partial charge is 0.122 e. The number of hydrogen-bond donors (Lipinski definition) is 1. The van der Waals surface area contributed by atoms with Gasteiger partial charge < -0.3 is 9.94 Å². The highest BCUT2D eigenvalue weighted by Crippen LogP contribution is 2.17. The van der Waals surface area contributed by atoms with Crippen molar-refractivity contribution >= 4 is 6.21 Å². The zero-order valence-electron chi connectivity index (χ0n) is 7.11. The second kappa shape index (κ2) is 3.76. The third kappa shape index (κ3) is 1.75. The molecule has 0 atom stereocenters. The molecule has 0 unspecified atom stereocenters. The summed E-state index contributed by atoms with van der Waals surface area (Å²) in [4.78, 5) is 0.